The monoisotopic (exact) mass is 409 g/mol. The summed E-state index contributed by atoms with van der Waals surface area (Å²) in [6.07, 6.45) is 3.27. The summed E-state index contributed by atoms with van der Waals surface area (Å²) in [7, 11) is 0. The van der Waals surface area contributed by atoms with Crippen molar-refractivity contribution >= 4 is 11.5 Å². The van der Waals surface area contributed by atoms with Crippen molar-refractivity contribution in [3.63, 3.8) is 0 Å². The number of nitrogens with zero attached hydrogens (tertiary/aromatic N) is 3. The van der Waals surface area contributed by atoms with E-state index in [-0.39, 0.29) is 10.6 Å². The molecule has 1 aromatic heterocycles. The van der Waals surface area contributed by atoms with Gasteiger partial charge in [0, 0.05) is 24.6 Å². The van der Waals surface area contributed by atoms with Crippen LogP contribution in [0.4, 0.5) is 0 Å². The standard InChI is InChI=1S/C23H27N3O2S/c27-22-25(18-21-9-5-2-6-10-21)23(28)29-26(22)16-13-19-11-14-24(15-12-19)17-20-7-3-1-4-8-20/h1-10,19H,11-18H2. The van der Waals surface area contributed by atoms with E-state index < -0.39 is 0 Å². The molecule has 5 nitrogen and oxygen atoms in total. The number of piperidine rings is 1. The Bertz CT molecular complexity index is 1020. The van der Waals surface area contributed by atoms with Crippen molar-refractivity contribution in [2.24, 2.45) is 5.92 Å². The van der Waals surface area contributed by atoms with E-state index in [9.17, 15) is 9.59 Å². The van der Waals surface area contributed by atoms with Gasteiger partial charge in [0.2, 0.25) is 0 Å². The molecule has 0 spiro atoms. The molecule has 1 aliphatic rings. The van der Waals surface area contributed by atoms with Crippen molar-refractivity contribution < 1.29 is 0 Å². The maximum Gasteiger partial charge on any atom is 0.341 e. The number of likely N-dealkylation sites (tertiary alicyclic amines) is 1. The van der Waals surface area contributed by atoms with E-state index in [1.165, 1.54) is 10.1 Å². The smallest absolute Gasteiger partial charge is 0.299 e. The van der Waals surface area contributed by atoms with E-state index in [1.807, 2.05) is 30.3 Å². The van der Waals surface area contributed by atoms with Crippen LogP contribution in [0.15, 0.2) is 70.3 Å². The molecule has 152 valence electrons. The first-order valence-corrected chi connectivity index (χ1v) is 11.1. The van der Waals surface area contributed by atoms with Gasteiger partial charge in [-0.1, -0.05) is 60.7 Å². The van der Waals surface area contributed by atoms with Gasteiger partial charge in [0.1, 0.15) is 0 Å². The molecule has 0 radical (unpaired) electrons. The van der Waals surface area contributed by atoms with Gasteiger partial charge in [-0.05, 0) is 49.4 Å². The third kappa shape index (κ3) is 5.14. The van der Waals surface area contributed by atoms with E-state index >= 15 is 0 Å². The highest BCUT2D eigenvalue weighted by Gasteiger charge is 2.20. The Morgan fingerprint density at radius 1 is 0.828 bits per heavy atom. The van der Waals surface area contributed by atoms with Crippen LogP contribution >= 0.6 is 11.5 Å². The summed E-state index contributed by atoms with van der Waals surface area (Å²) >= 11 is 1.05. The fourth-order valence-electron chi connectivity index (χ4n) is 4.01. The SMILES string of the molecule is O=c1sn(CCC2CCN(Cc3ccccc3)CC2)c(=O)n1Cc1ccccc1. The molecule has 29 heavy (non-hydrogen) atoms. The first-order chi connectivity index (χ1) is 14.2. The van der Waals surface area contributed by atoms with Gasteiger partial charge >= 0.3 is 10.6 Å². The van der Waals surface area contributed by atoms with Crippen LogP contribution in [0.3, 0.4) is 0 Å². The van der Waals surface area contributed by atoms with Crippen molar-refractivity contribution in [3.8, 4) is 0 Å². The Hall–Kier alpha value is -2.44. The topological polar surface area (TPSA) is 47.2 Å². The van der Waals surface area contributed by atoms with Crippen LogP contribution in [0.2, 0.25) is 0 Å². The van der Waals surface area contributed by atoms with Crippen molar-refractivity contribution in [3.05, 3.63) is 91.9 Å². The molecule has 0 amide bonds. The minimum Gasteiger partial charge on any atom is -0.299 e. The van der Waals surface area contributed by atoms with E-state index in [4.69, 9.17) is 0 Å². The predicted octanol–water partition coefficient (Wildman–Crippen LogP) is 3.42. The van der Waals surface area contributed by atoms with Crippen LogP contribution in [0.5, 0.6) is 0 Å². The molecule has 3 aromatic rings. The molecular weight excluding hydrogens is 382 g/mol. The molecule has 0 bridgehead atoms. The number of hydrogen-bond acceptors (Lipinski definition) is 4. The number of hydrogen-bond donors (Lipinski definition) is 0. The van der Waals surface area contributed by atoms with Crippen LogP contribution in [0, 0.1) is 5.92 Å². The highest BCUT2D eigenvalue weighted by atomic mass is 32.1. The molecule has 2 aromatic carbocycles. The van der Waals surface area contributed by atoms with Crippen LogP contribution in [-0.4, -0.2) is 26.5 Å². The summed E-state index contributed by atoms with van der Waals surface area (Å²) in [4.78, 5) is 27.3. The molecule has 0 aliphatic carbocycles. The summed E-state index contributed by atoms with van der Waals surface area (Å²) in [5, 5.41) is 0. The number of benzene rings is 2. The number of aryl methyl sites for hydroxylation is 1. The zero-order valence-corrected chi connectivity index (χ0v) is 17.4. The van der Waals surface area contributed by atoms with Crippen molar-refractivity contribution in [2.75, 3.05) is 13.1 Å². The second-order valence-corrected chi connectivity index (χ2v) is 8.78. The van der Waals surface area contributed by atoms with Crippen molar-refractivity contribution in [2.45, 2.75) is 38.9 Å². The van der Waals surface area contributed by atoms with Gasteiger partial charge < -0.3 is 0 Å². The highest BCUT2D eigenvalue weighted by molar-refractivity contribution is 7.03. The van der Waals surface area contributed by atoms with Crippen LogP contribution < -0.4 is 10.6 Å². The quantitative estimate of drug-likeness (QED) is 0.601. The molecule has 4 rings (SSSR count). The maximum absolute atomic E-state index is 12.7. The van der Waals surface area contributed by atoms with Crippen molar-refractivity contribution in [1.82, 2.24) is 13.4 Å². The van der Waals surface area contributed by atoms with Gasteiger partial charge in [-0.3, -0.25) is 9.69 Å². The van der Waals surface area contributed by atoms with Gasteiger partial charge in [-0.15, -0.1) is 0 Å². The molecule has 6 heteroatoms. The molecule has 0 N–H and O–H groups in total. The molecule has 0 atom stereocenters. The van der Waals surface area contributed by atoms with Crippen LogP contribution in [0.1, 0.15) is 30.4 Å². The van der Waals surface area contributed by atoms with E-state index in [1.54, 1.807) is 3.96 Å². The lowest BCUT2D eigenvalue weighted by Gasteiger charge is -2.32. The van der Waals surface area contributed by atoms with Gasteiger partial charge in [-0.25, -0.2) is 13.3 Å². The lowest BCUT2D eigenvalue weighted by atomic mass is 9.93. The fourth-order valence-corrected chi connectivity index (χ4v) is 4.81. The average Bonchev–Trinajstić information content (AvgIpc) is 3.02. The molecule has 2 heterocycles. The van der Waals surface area contributed by atoms with Gasteiger partial charge in [-0.2, -0.15) is 0 Å². The summed E-state index contributed by atoms with van der Waals surface area (Å²) in [5.74, 6) is 0.619. The summed E-state index contributed by atoms with van der Waals surface area (Å²) < 4.78 is 2.99. The average molecular weight is 410 g/mol. The first kappa shape index (κ1) is 19.9. The third-order valence-electron chi connectivity index (χ3n) is 5.73. The molecule has 1 saturated heterocycles. The van der Waals surface area contributed by atoms with Crippen LogP contribution in [-0.2, 0) is 19.6 Å². The summed E-state index contributed by atoms with van der Waals surface area (Å²) in [6.45, 7) is 4.19. The van der Waals surface area contributed by atoms with Crippen molar-refractivity contribution in [1.29, 1.82) is 0 Å². The fraction of sp³-hybridized carbons (Fsp3) is 0.391. The number of aromatic nitrogens is 2. The lowest BCUT2D eigenvalue weighted by molar-refractivity contribution is 0.169. The third-order valence-corrected chi connectivity index (χ3v) is 6.67. The van der Waals surface area contributed by atoms with Crippen LogP contribution in [0.25, 0.3) is 0 Å². The number of rotatable bonds is 7. The minimum absolute atomic E-state index is 0.170. The largest absolute Gasteiger partial charge is 0.341 e. The maximum atomic E-state index is 12.7. The Kier molecular flexibility index (Phi) is 6.42. The van der Waals surface area contributed by atoms with Gasteiger partial charge in [0.25, 0.3) is 0 Å². The Labute approximate surface area is 175 Å². The Balaban J connectivity index is 1.29. The molecular formula is C23H27N3O2S. The van der Waals surface area contributed by atoms with E-state index in [0.717, 1.165) is 56.0 Å². The minimum atomic E-state index is -0.176. The molecule has 0 unspecified atom stereocenters. The second kappa shape index (κ2) is 9.37. The lowest BCUT2D eigenvalue weighted by Crippen LogP contribution is -2.34. The zero-order chi connectivity index (χ0) is 20.1. The molecule has 1 fully saturated rings. The zero-order valence-electron chi connectivity index (χ0n) is 16.6. The highest BCUT2D eigenvalue weighted by Crippen LogP contribution is 2.22. The second-order valence-electron chi connectivity index (χ2n) is 7.81. The Morgan fingerprint density at radius 2 is 1.41 bits per heavy atom. The van der Waals surface area contributed by atoms with Gasteiger partial charge in [0.15, 0.2) is 0 Å². The first-order valence-electron chi connectivity index (χ1n) is 10.3. The molecule has 0 saturated carbocycles. The van der Waals surface area contributed by atoms with E-state index in [0.29, 0.717) is 19.0 Å². The van der Waals surface area contributed by atoms with E-state index in [2.05, 4.69) is 35.2 Å². The predicted molar refractivity (Wildman–Crippen MR) is 117 cm³/mol. The molecule has 1 aliphatic heterocycles. The Morgan fingerprint density at radius 3 is 2.03 bits per heavy atom. The van der Waals surface area contributed by atoms with Gasteiger partial charge in [0.05, 0.1) is 6.54 Å². The normalized spacial score (nSPS) is 15.6. The summed E-state index contributed by atoms with van der Waals surface area (Å²) in [5.41, 5.74) is 2.16. The summed E-state index contributed by atoms with van der Waals surface area (Å²) in [6, 6.07) is 20.3.